The van der Waals surface area contributed by atoms with E-state index in [1.807, 2.05) is 4.90 Å². The maximum Gasteiger partial charge on any atom is 0.248 e. The first-order valence-electron chi connectivity index (χ1n) is 9.67. The van der Waals surface area contributed by atoms with Gasteiger partial charge in [0.2, 0.25) is 17.8 Å². The Bertz CT molecular complexity index is 635. The van der Waals surface area contributed by atoms with Crippen molar-refractivity contribution in [3.05, 3.63) is 6.33 Å². The van der Waals surface area contributed by atoms with E-state index in [0.29, 0.717) is 11.9 Å². The molecular weight excluding hydrogens is 318 g/mol. The molecule has 2 bridgehead atoms. The van der Waals surface area contributed by atoms with E-state index in [4.69, 9.17) is 0 Å². The minimum absolute atomic E-state index is 0.0452. The van der Waals surface area contributed by atoms with E-state index in [9.17, 15) is 9.59 Å². The van der Waals surface area contributed by atoms with Gasteiger partial charge in [-0.1, -0.05) is 19.3 Å². The lowest BCUT2D eigenvalue weighted by Gasteiger charge is -2.20. The molecule has 2 amide bonds. The maximum atomic E-state index is 12.4. The molecule has 0 radical (unpaired) electrons. The Balaban J connectivity index is 1.31. The molecule has 0 aromatic carbocycles. The van der Waals surface area contributed by atoms with Crippen molar-refractivity contribution in [2.45, 2.75) is 57.9 Å². The van der Waals surface area contributed by atoms with Crippen LogP contribution in [0, 0.1) is 17.8 Å². The number of hydrogen-bond donors (Lipinski definition) is 1. The van der Waals surface area contributed by atoms with Gasteiger partial charge >= 0.3 is 0 Å². The Labute approximate surface area is 148 Å². The molecule has 1 N–H and O–H groups in total. The van der Waals surface area contributed by atoms with E-state index in [2.05, 4.69) is 15.4 Å². The number of carbonyl (C=O) groups is 2. The molecule has 7 heteroatoms. The summed E-state index contributed by atoms with van der Waals surface area (Å²) in [5.41, 5.74) is 0. The number of anilines is 1. The molecule has 2 heterocycles. The average molecular weight is 345 g/mol. The molecule has 4 rings (SSSR count). The number of amides is 2. The Morgan fingerprint density at radius 2 is 1.92 bits per heavy atom. The third-order valence-corrected chi connectivity index (χ3v) is 6.10. The number of fused-ring (bicyclic) bond motifs is 2. The highest BCUT2D eigenvalue weighted by molar-refractivity contribution is 5.91. The fraction of sp³-hybridized carbons (Fsp3) is 0.778. The zero-order valence-corrected chi connectivity index (χ0v) is 14.7. The van der Waals surface area contributed by atoms with Crippen LogP contribution in [0.15, 0.2) is 6.33 Å². The summed E-state index contributed by atoms with van der Waals surface area (Å²) in [5.74, 6) is 1.83. The smallest absolute Gasteiger partial charge is 0.248 e. The summed E-state index contributed by atoms with van der Waals surface area (Å²) in [5, 5.41) is 7.11. The predicted octanol–water partition coefficient (Wildman–Crippen LogP) is 2.06. The second-order valence-corrected chi connectivity index (χ2v) is 7.83. The average Bonchev–Trinajstić information content (AvgIpc) is 3.28. The molecule has 1 aliphatic heterocycles. The summed E-state index contributed by atoms with van der Waals surface area (Å²) in [6.45, 7) is 1.86. The van der Waals surface area contributed by atoms with E-state index in [1.54, 1.807) is 0 Å². The minimum atomic E-state index is 0.0452. The van der Waals surface area contributed by atoms with Crippen molar-refractivity contribution in [3.63, 3.8) is 0 Å². The molecule has 0 unspecified atom stereocenters. The van der Waals surface area contributed by atoms with Gasteiger partial charge in [0.15, 0.2) is 0 Å². The van der Waals surface area contributed by atoms with Gasteiger partial charge in [-0.15, -0.1) is 5.10 Å². The van der Waals surface area contributed by atoms with E-state index < -0.39 is 0 Å². The largest absolute Gasteiger partial charge is 0.341 e. The molecule has 2 aliphatic carbocycles. The van der Waals surface area contributed by atoms with Crippen LogP contribution < -0.4 is 5.32 Å². The summed E-state index contributed by atoms with van der Waals surface area (Å²) in [6, 6.07) is 0. The van der Waals surface area contributed by atoms with Crippen LogP contribution in [0.5, 0.6) is 0 Å². The highest BCUT2D eigenvalue weighted by atomic mass is 16.2. The lowest BCUT2D eigenvalue weighted by Crippen LogP contribution is -2.34. The van der Waals surface area contributed by atoms with Gasteiger partial charge in [0.25, 0.3) is 0 Å². The third-order valence-electron chi connectivity index (χ3n) is 6.10. The van der Waals surface area contributed by atoms with Crippen LogP contribution in [0.2, 0.25) is 0 Å². The van der Waals surface area contributed by atoms with Crippen LogP contribution in [0.3, 0.4) is 0 Å². The first-order chi connectivity index (χ1) is 12.2. The van der Waals surface area contributed by atoms with Gasteiger partial charge in [0.1, 0.15) is 12.9 Å². The third kappa shape index (κ3) is 3.70. The van der Waals surface area contributed by atoms with E-state index in [1.165, 1.54) is 43.1 Å². The molecule has 1 aromatic heterocycles. The molecule has 3 atom stereocenters. The molecule has 136 valence electrons. The van der Waals surface area contributed by atoms with Crippen molar-refractivity contribution >= 4 is 17.8 Å². The van der Waals surface area contributed by atoms with Gasteiger partial charge in [-0.25, -0.2) is 9.67 Å². The highest BCUT2D eigenvalue weighted by Gasteiger charge is 2.43. The van der Waals surface area contributed by atoms with Crippen LogP contribution in [0.25, 0.3) is 0 Å². The minimum Gasteiger partial charge on any atom is -0.341 e. The predicted molar refractivity (Wildman–Crippen MR) is 92.6 cm³/mol. The number of aromatic nitrogens is 3. The quantitative estimate of drug-likeness (QED) is 0.906. The molecule has 1 aromatic rings. The van der Waals surface area contributed by atoms with E-state index >= 15 is 0 Å². The molecule has 1 saturated heterocycles. The maximum absolute atomic E-state index is 12.4. The zero-order valence-electron chi connectivity index (χ0n) is 14.7. The SMILES string of the molecule is O=C(Nc1ncn(CC(=O)N2CCCCCC2)n1)[C@H]1C[C@H]2CC[C@H]1C2. The van der Waals surface area contributed by atoms with Gasteiger partial charge in [-0.2, -0.15) is 0 Å². The topological polar surface area (TPSA) is 80.1 Å². The van der Waals surface area contributed by atoms with Gasteiger partial charge in [-0.05, 0) is 43.9 Å². The fourth-order valence-electron chi connectivity index (χ4n) is 4.76. The van der Waals surface area contributed by atoms with Crippen molar-refractivity contribution in [1.29, 1.82) is 0 Å². The summed E-state index contributed by atoms with van der Waals surface area (Å²) in [7, 11) is 0. The Morgan fingerprint density at radius 3 is 2.60 bits per heavy atom. The standard InChI is InChI=1S/C18H27N5O2/c24-16(22-7-3-1-2-4-8-22)11-23-12-19-18(21-23)20-17(25)15-10-13-5-6-14(15)9-13/h12-15H,1-11H2,(H,20,21,25)/t13-,14-,15-/m0/s1. The molecule has 2 saturated carbocycles. The number of carbonyl (C=O) groups excluding carboxylic acids is 2. The monoisotopic (exact) mass is 345 g/mol. The van der Waals surface area contributed by atoms with Crippen LogP contribution in [0.4, 0.5) is 5.95 Å². The number of hydrogen-bond acceptors (Lipinski definition) is 4. The number of rotatable bonds is 4. The van der Waals surface area contributed by atoms with Crippen LogP contribution in [-0.4, -0.2) is 44.6 Å². The van der Waals surface area contributed by atoms with Crippen molar-refractivity contribution in [2.24, 2.45) is 17.8 Å². The van der Waals surface area contributed by atoms with Crippen molar-refractivity contribution in [3.8, 4) is 0 Å². The van der Waals surface area contributed by atoms with Crippen LogP contribution >= 0.6 is 0 Å². The Kier molecular flexibility index (Phi) is 4.72. The van der Waals surface area contributed by atoms with Crippen molar-refractivity contribution < 1.29 is 9.59 Å². The first-order valence-corrected chi connectivity index (χ1v) is 9.67. The normalized spacial score (nSPS) is 28.8. The molecule has 0 spiro atoms. The summed E-state index contributed by atoms with van der Waals surface area (Å²) in [6.07, 6.45) is 10.7. The van der Waals surface area contributed by atoms with Crippen molar-refractivity contribution in [2.75, 3.05) is 18.4 Å². The number of nitrogens with zero attached hydrogens (tertiary/aromatic N) is 4. The highest BCUT2D eigenvalue weighted by Crippen LogP contribution is 2.48. The van der Waals surface area contributed by atoms with Gasteiger partial charge in [-0.3, -0.25) is 14.9 Å². The number of nitrogens with one attached hydrogen (secondary N) is 1. The van der Waals surface area contributed by atoms with Gasteiger partial charge in [0, 0.05) is 19.0 Å². The summed E-state index contributed by atoms with van der Waals surface area (Å²) >= 11 is 0. The summed E-state index contributed by atoms with van der Waals surface area (Å²) in [4.78, 5) is 30.9. The lowest BCUT2D eigenvalue weighted by molar-refractivity contribution is -0.132. The van der Waals surface area contributed by atoms with E-state index in [0.717, 1.165) is 38.3 Å². The second-order valence-electron chi connectivity index (χ2n) is 7.83. The molecule has 3 fully saturated rings. The Morgan fingerprint density at radius 1 is 1.12 bits per heavy atom. The van der Waals surface area contributed by atoms with Gasteiger partial charge < -0.3 is 4.90 Å². The first kappa shape index (κ1) is 16.5. The Hall–Kier alpha value is -1.92. The molecular formula is C18H27N5O2. The van der Waals surface area contributed by atoms with Crippen molar-refractivity contribution in [1.82, 2.24) is 19.7 Å². The van der Waals surface area contributed by atoms with Crippen LogP contribution in [0.1, 0.15) is 51.4 Å². The lowest BCUT2D eigenvalue weighted by atomic mass is 9.88. The van der Waals surface area contributed by atoms with Crippen LogP contribution in [-0.2, 0) is 16.1 Å². The molecule has 3 aliphatic rings. The zero-order chi connectivity index (χ0) is 17.2. The van der Waals surface area contributed by atoms with E-state index in [-0.39, 0.29) is 24.3 Å². The van der Waals surface area contributed by atoms with Gasteiger partial charge in [0.05, 0.1) is 0 Å². The second kappa shape index (κ2) is 7.14. The molecule has 25 heavy (non-hydrogen) atoms. The number of likely N-dealkylation sites (tertiary alicyclic amines) is 1. The molecule has 7 nitrogen and oxygen atoms in total. The summed E-state index contributed by atoms with van der Waals surface area (Å²) < 4.78 is 1.53. The fourth-order valence-corrected chi connectivity index (χ4v) is 4.76.